The van der Waals surface area contributed by atoms with Gasteiger partial charge in [-0.1, -0.05) is 53.9 Å². The molecule has 0 heterocycles. The first kappa shape index (κ1) is 25.4. The Morgan fingerprint density at radius 2 is 1.59 bits per heavy atom. The molecule has 0 saturated heterocycles. The summed E-state index contributed by atoms with van der Waals surface area (Å²) in [6.07, 6.45) is 3.73. The summed E-state index contributed by atoms with van der Waals surface area (Å²) in [5, 5.41) is 9.35. The SMILES string of the molecule is CCC(C)(C)CC(C)(C(=O)OCC(C)OC(=O)C1CCCCC1C(=O)O)C(C)C. The Morgan fingerprint density at radius 1 is 1.03 bits per heavy atom. The third-order valence-electron chi connectivity index (χ3n) is 6.70. The zero-order chi connectivity index (χ0) is 22.4. The highest BCUT2D eigenvalue weighted by Crippen LogP contribution is 2.42. The van der Waals surface area contributed by atoms with Crippen molar-refractivity contribution >= 4 is 17.9 Å². The summed E-state index contributed by atoms with van der Waals surface area (Å²) in [5.41, 5.74) is -0.607. The largest absolute Gasteiger partial charge is 0.481 e. The summed E-state index contributed by atoms with van der Waals surface area (Å²) in [6.45, 7) is 14.0. The van der Waals surface area contributed by atoms with Gasteiger partial charge in [-0.25, -0.2) is 0 Å². The predicted octanol–water partition coefficient (Wildman–Crippen LogP) is 4.84. The van der Waals surface area contributed by atoms with Gasteiger partial charge in [0.2, 0.25) is 0 Å². The Labute approximate surface area is 175 Å². The molecular weight excluding hydrogens is 372 g/mol. The maximum Gasteiger partial charge on any atom is 0.312 e. The zero-order valence-electron chi connectivity index (χ0n) is 19.2. The van der Waals surface area contributed by atoms with E-state index in [1.807, 2.05) is 20.8 Å². The minimum Gasteiger partial charge on any atom is -0.481 e. The average Bonchev–Trinajstić information content (AvgIpc) is 2.65. The highest BCUT2D eigenvalue weighted by molar-refractivity contribution is 5.81. The van der Waals surface area contributed by atoms with Crippen molar-refractivity contribution in [3.05, 3.63) is 0 Å². The van der Waals surface area contributed by atoms with E-state index in [1.165, 1.54) is 0 Å². The Kier molecular flexibility index (Phi) is 9.16. The first-order valence-electron chi connectivity index (χ1n) is 10.9. The minimum atomic E-state index is -0.947. The average molecular weight is 413 g/mol. The maximum absolute atomic E-state index is 12.9. The van der Waals surface area contributed by atoms with Gasteiger partial charge in [0, 0.05) is 0 Å². The molecule has 168 valence electrons. The van der Waals surface area contributed by atoms with Crippen LogP contribution in [0.5, 0.6) is 0 Å². The van der Waals surface area contributed by atoms with E-state index in [0.29, 0.717) is 19.3 Å². The van der Waals surface area contributed by atoms with E-state index in [4.69, 9.17) is 9.47 Å². The van der Waals surface area contributed by atoms with Crippen LogP contribution in [0, 0.1) is 28.6 Å². The molecule has 0 radical (unpaired) electrons. The van der Waals surface area contributed by atoms with Crippen molar-refractivity contribution < 1.29 is 29.0 Å². The molecule has 0 amide bonds. The van der Waals surface area contributed by atoms with E-state index >= 15 is 0 Å². The molecule has 1 fully saturated rings. The Balaban J connectivity index is 2.67. The molecule has 0 aromatic heterocycles. The van der Waals surface area contributed by atoms with Crippen LogP contribution >= 0.6 is 0 Å². The van der Waals surface area contributed by atoms with Gasteiger partial charge in [0.15, 0.2) is 0 Å². The van der Waals surface area contributed by atoms with Crippen LogP contribution in [0.3, 0.4) is 0 Å². The van der Waals surface area contributed by atoms with Crippen LogP contribution in [0.25, 0.3) is 0 Å². The van der Waals surface area contributed by atoms with Gasteiger partial charge in [-0.3, -0.25) is 14.4 Å². The van der Waals surface area contributed by atoms with E-state index in [1.54, 1.807) is 6.92 Å². The van der Waals surface area contributed by atoms with Gasteiger partial charge in [-0.15, -0.1) is 0 Å². The fourth-order valence-corrected chi connectivity index (χ4v) is 4.02. The van der Waals surface area contributed by atoms with Crippen LogP contribution in [0.4, 0.5) is 0 Å². The normalized spacial score (nSPS) is 23.2. The number of hydrogen-bond donors (Lipinski definition) is 1. The van der Waals surface area contributed by atoms with Gasteiger partial charge in [-0.05, 0) is 44.4 Å². The molecule has 6 nitrogen and oxygen atoms in total. The number of carboxylic acids is 1. The maximum atomic E-state index is 12.9. The molecule has 1 aliphatic rings. The molecule has 1 saturated carbocycles. The van der Waals surface area contributed by atoms with E-state index in [-0.39, 0.29) is 23.9 Å². The lowest BCUT2D eigenvalue weighted by Crippen LogP contribution is -2.40. The predicted molar refractivity (Wildman–Crippen MR) is 111 cm³/mol. The van der Waals surface area contributed by atoms with Crippen molar-refractivity contribution in [3.63, 3.8) is 0 Å². The van der Waals surface area contributed by atoms with E-state index in [2.05, 4.69) is 20.8 Å². The Hall–Kier alpha value is -1.59. The van der Waals surface area contributed by atoms with Gasteiger partial charge >= 0.3 is 17.9 Å². The minimum absolute atomic E-state index is 0.0168. The summed E-state index contributed by atoms with van der Waals surface area (Å²) in [4.78, 5) is 36.8. The molecule has 1 rings (SSSR count). The molecule has 1 N–H and O–H groups in total. The van der Waals surface area contributed by atoms with Gasteiger partial charge in [0.25, 0.3) is 0 Å². The second-order valence-electron chi connectivity index (χ2n) is 9.95. The topological polar surface area (TPSA) is 89.9 Å². The molecule has 0 spiro atoms. The highest BCUT2D eigenvalue weighted by atomic mass is 16.6. The zero-order valence-corrected chi connectivity index (χ0v) is 19.2. The van der Waals surface area contributed by atoms with Gasteiger partial charge in [0.05, 0.1) is 17.3 Å². The molecule has 4 unspecified atom stereocenters. The van der Waals surface area contributed by atoms with Gasteiger partial charge < -0.3 is 14.6 Å². The number of esters is 2. The number of rotatable bonds is 10. The fraction of sp³-hybridized carbons (Fsp3) is 0.870. The highest BCUT2D eigenvalue weighted by Gasteiger charge is 2.42. The lowest BCUT2D eigenvalue weighted by Gasteiger charge is -2.38. The second kappa shape index (κ2) is 10.4. The Bertz CT molecular complexity index is 582. The summed E-state index contributed by atoms with van der Waals surface area (Å²) in [7, 11) is 0. The third kappa shape index (κ3) is 7.00. The van der Waals surface area contributed by atoms with Crippen molar-refractivity contribution in [2.75, 3.05) is 6.61 Å². The van der Waals surface area contributed by atoms with Crippen molar-refractivity contribution in [2.45, 2.75) is 93.1 Å². The van der Waals surface area contributed by atoms with Crippen LogP contribution in [0.15, 0.2) is 0 Å². The Morgan fingerprint density at radius 3 is 2.07 bits per heavy atom. The van der Waals surface area contributed by atoms with E-state index < -0.39 is 35.3 Å². The van der Waals surface area contributed by atoms with Crippen molar-refractivity contribution in [1.82, 2.24) is 0 Å². The lowest BCUT2D eigenvalue weighted by atomic mass is 9.67. The lowest BCUT2D eigenvalue weighted by molar-refractivity contribution is -0.172. The molecule has 4 atom stereocenters. The smallest absolute Gasteiger partial charge is 0.312 e. The molecule has 1 aliphatic carbocycles. The molecule has 0 aliphatic heterocycles. The molecule has 0 aromatic rings. The molecule has 0 aromatic carbocycles. The van der Waals surface area contributed by atoms with Crippen molar-refractivity contribution in [1.29, 1.82) is 0 Å². The van der Waals surface area contributed by atoms with Crippen LogP contribution in [-0.4, -0.2) is 35.7 Å². The molecule has 0 bridgehead atoms. The number of aliphatic carboxylic acids is 1. The van der Waals surface area contributed by atoms with Gasteiger partial charge in [-0.2, -0.15) is 0 Å². The van der Waals surface area contributed by atoms with Crippen LogP contribution < -0.4 is 0 Å². The number of carbonyl (C=O) groups is 3. The second-order valence-corrected chi connectivity index (χ2v) is 9.95. The number of carboxylic acid groups (broad SMARTS) is 1. The number of ether oxygens (including phenoxy) is 2. The monoisotopic (exact) mass is 412 g/mol. The van der Waals surface area contributed by atoms with Crippen LogP contribution in [0.2, 0.25) is 0 Å². The van der Waals surface area contributed by atoms with Gasteiger partial charge in [0.1, 0.15) is 12.7 Å². The quantitative estimate of drug-likeness (QED) is 0.516. The molecule has 29 heavy (non-hydrogen) atoms. The summed E-state index contributed by atoms with van der Waals surface area (Å²) >= 11 is 0. The first-order valence-corrected chi connectivity index (χ1v) is 10.9. The van der Waals surface area contributed by atoms with E-state index in [0.717, 1.165) is 19.3 Å². The fourth-order valence-electron chi connectivity index (χ4n) is 4.02. The summed E-state index contributed by atoms with van der Waals surface area (Å²) in [5.74, 6) is -2.93. The standard InChI is InChI=1S/C23H40O6/c1-8-22(5,6)14-23(7,15(2)3)21(27)28-13-16(4)29-20(26)18-12-10-9-11-17(18)19(24)25/h15-18H,8-14H2,1-7H3,(H,24,25). The van der Waals surface area contributed by atoms with Crippen LogP contribution in [-0.2, 0) is 23.9 Å². The number of carbonyl (C=O) groups excluding carboxylic acids is 2. The van der Waals surface area contributed by atoms with Crippen LogP contribution in [0.1, 0.15) is 87.0 Å². The van der Waals surface area contributed by atoms with Crippen molar-refractivity contribution in [2.24, 2.45) is 28.6 Å². The summed E-state index contributed by atoms with van der Waals surface area (Å²) in [6, 6.07) is 0. The van der Waals surface area contributed by atoms with Crippen molar-refractivity contribution in [3.8, 4) is 0 Å². The third-order valence-corrected chi connectivity index (χ3v) is 6.70. The number of hydrogen-bond acceptors (Lipinski definition) is 5. The molecule has 6 heteroatoms. The molecular formula is C23H40O6. The first-order chi connectivity index (χ1) is 13.3. The summed E-state index contributed by atoms with van der Waals surface area (Å²) < 4.78 is 11.0. The van der Waals surface area contributed by atoms with E-state index in [9.17, 15) is 19.5 Å².